The number of methoxy groups -OCH3 is 1. The Labute approximate surface area is 135 Å². The van der Waals surface area contributed by atoms with Crippen molar-refractivity contribution in [3.63, 3.8) is 0 Å². The Morgan fingerprint density at radius 1 is 1.24 bits per heavy atom. The first-order valence-electron chi connectivity index (χ1n) is 7.56. The molecular weight excluding hydrogens is 330 g/mol. The van der Waals surface area contributed by atoms with Crippen LogP contribution in [0.5, 0.6) is 5.75 Å². The Balaban J connectivity index is 2.37. The lowest BCUT2D eigenvalue weighted by molar-refractivity contribution is 0.0415. The van der Waals surface area contributed by atoms with Gasteiger partial charge in [-0.3, -0.25) is 0 Å². The highest BCUT2D eigenvalue weighted by Gasteiger charge is 2.40. The summed E-state index contributed by atoms with van der Waals surface area (Å²) in [4.78, 5) is 0. The maximum Gasteiger partial charge on any atom is 0.124 e. The van der Waals surface area contributed by atoms with Crippen LogP contribution in [0.25, 0.3) is 0 Å². The van der Waals surface area contributed by atoms with Crippen LogP contribution in [0.1, 0.15) is 56.6 Å². The second kappa shape index (κ2) is 7.29. The number of nitrogens with zero attached hydrogens (tertiary/aromatic N) is 1. The molecule has 0 radical (unpaired) electrons. The monoisotopic (exact) mass is 351 g/mol. The van der Waals surface area contributed by atoms with Gasteiger partial charge in [0, 0.05) is 10.0 Å². The molecule has 1 fully saturated rings. The number of rotatable bonds is 3. The predicted molar refractivity (Wildman–Crippen MR) is 86.0 cm³/mol. The van der Waals surface area contributed by atoms with Crippen LogP contribution < -0.4 is 4.74 Å². The lowest BCUT2D eigenvalue weighted by Crippen LogP contribution is -2.29. The lowest BCUT2D eigenvalue weighted by Gasteiger charge is -2.34. The molecule has 0 aromatic heterocycles. The summed E-state index contributed by atoms with van der Waals surface area (Å²) < 4.78 is 6.25. The molecule has 21 heavy (non-hydrogen) atoms. The second-order valence-corrected chi connectivity index (χ2v) is 6.74. The Bertz CT molecular complexity index is 516. The minimum Gasteiger partial charge on any atom is -0.496 e. The molecular formula is C17H22BrNO2. The summed E-state index contributed by atoms with van der Waals surface area (Å²) in [5.41, 5.74) is 0.00287. The summed E-state index contributed by atoms with van der Waals surface area (Å²) in [6.45, 7) is 0. The van der Waals surface area contributed by atoms with E-state index in [0.29, 0.717) is 11.3 Å². The molecule has 1 unspecified atom stereocenters. The standard InChI is InChI=1S/C17H22BrNO2/c1-21-15-8-7-13(18)11-14(15)16(20)17(12-19)9-5-3-2-4-6-10-17/h7-8,11,16,20H,2-6,9-10H2,1H3. The average Bonchev–Trinajstić information content (AvgIpc) is 2.47. The van der Waals surface area contributed by atoms with Gasteiger partial charge >= 0.3 is 0 Å². The molecule has 1 saturated carbocycles. The van der Waals surface area contributed by atoms with Crippen molar-refractivity contribution in [3.05, 3.63) is 28.2 Å². The average molecular weight is 352 g/mol. The van der Waals surface area contributed by atoms with Crippen LogP contribution in [0, 0.1) is 16.7 Å². The zero-order chi connectivity index (χ0) is 15.3. The molecule has 3 nitrogen and oxygen atoms in total. The molecule has 0 amide bonds. The molecule has 0 aliphatic heterocycles. The van der Waals surface area contributed by atoms with Crippen LogP contribution in [0.2, 0.25) is 0 Å². The molecule has 4 heteroatoms. The molecule has 2 rings (SSSR count). The van der Waals surface area contributed by atoms with E-state index in [1.54, 1.807) is 7.11 Å². The minimum atomic E-state index is -0.812. The zero-order valence-corrected chi connectivity index (χ0v) is 14.0. The first-order valence-corrected chi connectivity index (χ1v) is 8.35. The highest BCUT2D eigenvalue weighted by molar-refractivity contribution is 9.10. The van der Waals surface area contributed by atoms with Crippen molar-refractivity contribution < 1.29 is 9.84 Å². The van der Waals surface area contributed by atoms with E-state index < -0.39 is 11.5 Å². The largest absolute Gasteiger partial charge is 0.496 e. The molecule has 0 spiro atoms. The summed E-state index contributed by atoms with van der Waals surface area (Å²) in [5, 5.41) is 20.7. The molecule has 1 aromatic carbocycles. The van der Waals surface area contributed by atoms with Crippen molar-refractivity contribution in [2.45, 2.75) is 51.0 Å². The van der Waals surface area contributed by atoms with E-state index in [2.05, 4.69) is 22.0 Å². The van der Waals surface area contributed by atoms with E-state index in [9.17, 15) is 10.4 Å². The van der Waals surface area contributed by atoms with Gasteiger partial charge < -0.3 is 9.84 Å². The first-order chi connectivity index (χ1) is 10.1. The van der Waals surface area contributed by atoms with Crippen molar-refractivity contribution in [2.24, 2.45) is 5.41 Å². The van der Waals surface area contributed by atoms with E-state index in [1.165, 1.54) is 6.42 Å². The van der Waals surface area contributed by atoms with Crippen molar-refractivity contribution in [1.82, 2.24) is 0 Å². The number of benzene rings is 1. The van der Waals surface area contributed by atoms with Gasteiger partial charge in [-0.1, -0.05) is 48.0 Å². The van der Waals surface area contributed by atoms with Crippen molar-refractivity contribution in [2.75, 3.05) is 7.11 Å². The summed E-state index contributed by atoms with van der Waals surface area (Å²) in [6, 6.07) is 8.01. The molecule has 1 aromatic rings. The van der Waals surface area contributed by atoms with E-state index in [-0.39, 0.29) is 0 Å². The Morgan fingerprint density at radius 3 is 2.43 bits per heavy atom. The normalized spacial score (nSPS) is 19.9. The lowest BCUT2D eigenvalue weighted by atomic mass is 9.71. The quantitative estimate of drug-likeness (QED) is 0.854. The first kappa shape index (κ1) is 16.3. The summed E-state index contributed by atoms with van der Waals surface area (Å²) in [6.07, 6.45) is 6.21. The third kappa shape index (κ3) is 3.59. The summed E-state index contributed by atoms with van der Waals surface area (Å²) in [7, 11) is 1.59. The van der Waals surface area contributed by atoms with Gasteiger partial charge in [0.15, 0.2) is 0 Å². The SMILES string of the molecule is COc1ccc(Br)cc1C(O)C1(C#N)CCCCCCC1. The van der Waals surface area contributed by atoms with Gasteiger partial charge in [0.25, 0.3) is 0 Å². The fourth-order valence-corrected chi connectivity index (χ4v) is 3.58. The maximum atomic E-state index is 10.9. The number of aliphatic hydroxyl groups is 1. The van der Waals surface area contributed by atoms with Crippen molar-refractivity contribution in [1.29, 1.82) is 5.26 Å². The predicted octanol–water partition coefficient (Wildman–Crippen LogP) is 4.75. The zero-order valence-electron chi connectivity index (χ0n) is 12.4. The van der Waals surface area contributed by atoms with Gasteiger partial charge in [-0.15, -0.1) is 0 Å². The topological polar surface area (TPSA) is 53.2 Å². The van der Waals surface area contributed by atoms with Gasteiger partial charge in [0.05, 0.1) is 18.6 Å². The minimum absolute atomic E-state index is 0.641. The van der Waals surface area contributed by atoms with Crippen LogP contribution >= 0.6 is 15.9 Å². The molecule has 0 saturated heterocycles. The number of halogens is 1. The molecule has 114 valence electrons. The fraction of sp³-hybridized carbons (Fsp3) is 0.588. The molecule has 1 aliphatic rings. The van der Waals surface area contributed by atoms with Gasteiger partial charge in [-0.05, 0) is 31.0 Å². The molecule has 1 aliphatic carbocycles. The van der Waals surface area contributed by atoms with Gasteiger partial charge in [-0.2, -0.15) is 5.26 Å². The molecule has 1 atom stereocenters. The Morgan fingerprint density at radius 2 is 1.86 bits per heavy atom. The number of nitriles is 1. The smallest absolute Gasteiger partial charge is 0.124 e. The molecule has 1 N–H and O–H groups in total. The van der Waals surface area contributed by atoms with Gasteiger partial charge in [0.1, 0.15) is 11.9 Å². The van der Waals surface area contributed by atoms with E-state index in [4.69, 9.17) is 4.74 Å². The molecule has 0 heterocycles. The third-order valence-corrected chi connectivity index (χ3v) is 4.97. The fourth-order valence-electron chi connectivity index (χ4n) is 3.20. The van der Waals surface area contributed by atoms with Crippen molar-refractivity contribution in [3.8, 4) is 11.8 Å². The van der Waals surface area contributed by atoms with Gasteiger partial charge in [0.2, 0.25) is 0 Å². The molecule has 0 bridgehead atoms. The van der Waals surface area contributed by atoms with E-state index in [0.717, 1.165) is 43.0 Å². The number of aliphatic hydroxyl groups excluding tert-OH is 1. The van der Waals surface area contributed by atoms with E-state index in [1.807, 2.05) is 18.2 Å². The summed E-state index contributed by atoms with van der Waals surface area (Å²) in [5.74, 6) is 0.641. The van der Waals surface area contributed by atoms with Crippen molar-refractivity contribution >= 4 is 15.9 Å². The van der Waals surface area contributed by atoms with Crippen LogP contribution in [0.15, 0.2) is 22.7 Å². The van der Waals surface area contributed by atoms with Crippen LogP contribution in [-0.4, -0.2) is 12.2 Å². The number of hydrogen-bond acceptors (Lipinski definition) is 3. The Hall–Kier alpha value is -1.05. The Kier molecular flexibility index (Phi) is 5.66. The van der Waals surface area contributed by atoms with E-state index >= 15 is 0 Å². The number of ether oxygens (including phenoxy) is 1. The maximum absolute atomic E-state index is 10.9. The van der Waals surface area contributed by atoms with Gasteiger partial charge in [-0.25, -0.2) is 0 Å². The van der Waals surface area contributed by atoms with Crippen LogP contribution in [0.3, 0.4) is 0 Å². The second-order valence-electron chi connectivity index (χ2n) is 5.82. The number of hydrogen-bond donors (Lipinski definition) is 1. The van der Waals surface area contributed by atoms with Crippen LogP contribution in [0.4, 0.5) is 0 Å². The highest BCUT2D eigenvalue weighted by Crippen LogP contribution is 2.46. The highest BCUT2D eigenvalue weighted by atomic mass is 79.9. The van der Waals surface area contributed by atoms with Crippen LogP contribution in [-0.2, 0) is 0 Å². The third-order valence-electron chi connectivity index (χ3n) is 4.48. The summed E-state index contributed by atoms with van der Waals surface area (Å²) >= 11 is 3.44.